The van der Waals surface area contributed by atoms with E-state index >= 15 is 0 Å². The summed E-state index contributed by atoms with van der Waals surface area (Å²) in [5, 5.41) is 16.9. The highest BCUT2D eigenvalue weighted by Gasteiger charge is 2.43. The van der Waals surface area contributed by atoms with Crippen LogP contribution in [0.3, 0.4) is 0 Å². The lowest BCUT2D eigenvalue weighted by Gasteiger charge is -2.18. The lowest BCUT2D eigenvalue weighted by Crippen LogP contribution is -2.32. The monoisotopic (exact) mass is 519 g/mol. The van der Waals surface area contributed by atoms with Crippen LogP contribution in [-0.2, 0) is 17.4 Å². The Hall–Kier alpha value is -3.35. The van der Waals surface area contributed by atoms with Gasteiger partial charge >= 0.3 is 0 Å². The number of hydrogen-bond donors (Lipinski definition) is 3. The number of nitrogens with one attached hydrogen (secondary N) is 1. The molecule has 0 unspecified atom stereocenters. The van der Waals surface area contributed by atoms with E-state index in [1.54, 1.807) is 7.05 Å². The number of aliphatic hydroxyl groups is 1. The van der Waals surface area contributed by atoms with Crippen LogP contribution in [0.2, 0.25) is 0 Å². The van der Waals surface area contributed by atoms with Gasteiger partial charge in [-0.05, 0) is 55.5 Å². The van der Waals surface area contributed by atoms with E-state index in [0.29, 0.717) is 31.4 Å². The summed E-state index contributed by atoms with van der Waals surface area (Å²) in [7, 11) is 1.63. The van der Waals surface area contributed by atoms with Crippen molar-refractivity contribution in [2.24, 2.45) is 12.8 Å². The topological polar surface area (TPSA) is 115 Å². The molecule has 37 heavy (non-hydrogen) atoms. The summed E-state index contributed by atoms with van der Waals surface area (Å²) in [4.78, 5) is 16.9. The number of rotatable bonds is 5. The molecule has 1 aromatic carbocycles. The minimum Gasteiger partial charge on any atom is -0.385 e. The number of nitrogens with two attached hydrogens (primary N) is 1. The van der Waals surface area contributed by atoms with Gasteiger partial charge in [-0.1, -0.05) is 0 Å². The van der Waals surface area contributed by atoms with Crippen molar-refractivity contribution in [2.75, 3.05) is 11.9 Å². The van der Waals surface area contributed by atoms with Crippen molar-refractivity contribution in [3.63, 3.8) is 0 Å². The first-order chi connectivity index (χ1) is 17.6. The van der Waals surface area contributed by atoms with Crippen molar-refractivity contribution >= 4 is 11.6 Å². The van der Waals surface area contributed by atoms with Crippen LogP contribution in [0.1, 0.15) is 53.5 Å². The lowest BCUT2D eigenvalue weighted by atomic mass is 10.0. The number of hydrogen-bond acceptors (Lipinski definition) is 6. The van der Waals surface area contributed by atoms with Crippen molar-refractivity contribution < 1.29 is 32.2 Å². The fourth-order valence-electron chi connectivity index (χ4n) is 4.49. The SMILES string of the molecule is Cn1ncc(NC(=O)c2ccc(F)c(-c3c(F)cc(C4(O)CC4)cc3F)n2)c1[C@@H]1CC[C@@H](N)[C@H](F)CO1. The van der Waals surface area contributed by atoms with Gasteiger partial charge in [-0.25, -0.2) is 22.5 Å². The van der Waals surface area contributed by atoms with Crippen LogP contribution in [-0.4, -0.2) is 44.6 Å². The number of ether oxygens (including phenoxy) is 1. The highest BCUT2D eigenvalue weighted by Crippen LogP contribution is 2.46. The molecular formula is C25H25F4N5O3. The van der Waals surface area contributed by atoms with Gasteiger partial charge in [0, 0.05) is 13.1 Å². The standard InChI is InChI=1S/C25H25F4N5O3/c1-34-23(20-5-3-17(30)16(29)11-37-20)19(10-31-34)33-24(35)18-4-2-13(26)22(32-18)21-14(27)8-12(9-15(21)28)25(36)6-7-25/h2,4,8-10,16-17,20,36H,3,5-7,11,30H2,1H3,(H,33,35)/t16-,17-,20+/m1/s1. The van der Waals surface area contributed by atoms with Crippen molar-refractivity contribution in [1.82, 2.24) is 14.8 Å². The third-order valence-corrected chi connectivity index (χ3v) is 6.84. The van der Waals surface area contributed by atoms with Gasteiger partial charge in [-0.2, -0.15) is 5.10 Å². The van der Waals surface area contributed by atoms with E-state index in [-0.39, 0.29) is 23.6 Å². The van der Waals surface area contributed by atoms with Gasteiger partial charge in [-0.3, -0.25) is 9.48 Å². The summed E-state index contributed by atoms with van der Waals surface area (Å²) in [5.41, 5.74) is 3.58. The third kappa shape index (κ3) is 4.83. The van der Waals surface area contributed by atoms with Crippen LogP contribution in [0.25, 0.3) is 11.3 Å². The number of amides is 1. The van der Waals surface area contributed by atoms with Gasteiger partial charge in [0.1, 0.15) is 41.1 Å². The molecule has 3 atom stereocenters. The van der Waals surface area contributed by atoms with Crippen LogP contribution >= 0.6 is 0 Å². The number of carbonyl (C=O) groups excluding carboxylic acids is 1. The number of benzene rings is 1. The quantitative estimate of drug-likeness (QED) is 0.444. The van der Waals surface area contributed by atoms with Gasteiger partial charge < -0.3 is 20.9 Å². The molecule has 196 valence electrons. The largest absolute Gasteiger partial charge is 0.385 e. The second-order valence-electron chi connectivity index (χ2n) is 9.47. The smallest absolute Gasteiger partial charge is 0.274 e. The number of alkyl halides is 1. The van der Waals surface area contributed by atoms with E-state index in [0.717, 1.165) is 24.3 Å². The Balaban J connectivity index is 1.42. The Morgan fingerprint density at radius 2 is 1.89 bits per heavy atom. The number of pyridine rings is 1. The van der Waals surface area contributed by atoms with Gasteiger partial charge in [-0.15, -0.1) is 0 Å². The molecule has 12 heteroatoms. The first kappa shape index (κ1) is 25.3. The van der Waals surface area contributed by atoms with E-state index in [9.17, 15) is 27.5 Å². The van der Waals surface area contributed by atoms with Crippen LogP contribution in [0.5, 0.6) is 0 Å². The molecule has 1 aliphatic heterocycles. The van der Waals surface area contributed by atoms with Crippen LogP contribution < -0.4 is 11.1 Å². The predicted molar refractivity (Wildman–Crippen MR) is 125 cm³/mol. The molecular weight excluding hydrogens is 494 g/mol. The molecule has 1 saturated heterocycles. The molecule has 1 aliphatic carbocycles. The molecule has 0 bridgehead atoms. The zero-order valence-electron chi connectivity index (χ0n) is 19.8. The Kier molecular flexibility index (Phi) is 6.50. The van der Waals surface area contributed by atoms with Gasteiger partial charge in [0.25, 0.3) is 5.91 Å². The van der Waals surface area contributed by atoms with Gasteiger partial charge in [0.2, 0.25) is 0 Å². The van der Waals surface area contributed by atoms with Crippen molar-refractivity contribution in [1.29, 1.82) is 0 Å². The molecule has 2 aliphatic rings. The molecule has 2 fully saturated rings. The first-order valence-corrected chi connectivity index (χ1v) is 11.8. The highest BCUT2D eigenvalue weighted by atomic mass is 19.1. The summed E-state index contributed by atoms with van der Waals surface area (Å²) in [6, 6.07) is 3.19. The number of aryl methyl sites for hydroxylation is 1. The number of carbonyl (C=O) groups is 1. The summed E-state index contributed by atoms with van der Waals surface area (Å²) >= 11 is 0. The minimum absolute atomic E-state index is 0.0606. The number of aromatic nitrogens is 3. The molecule has 5 rings (SSSR count). The molecule has 1 amide bonds. The van der Waals surface area contributed by atoms with E-state index in [1.165, 1.54) is 10.9 Å². The van der Waals surface area contributed by atoms with Crippen molar-refractivity contribution in [3.05, 3.63) is 64.9 Å². The molecule has 4 N–H and O–H groups in total. The summed E-state index contributed by atoms with van der Waals surface area (Å²) < 4.78 is 65.4. The number of nitrogens with zero attached hydrogens (tertiary/aromatic N) is 3. The van der Waals surface area contributed by atoms with E-state index in [4.69, 9.17) is 10.5 Å². The second-order valence-corrected chi connectivity index (χ2v) is 9.47. The zero-order chi connectivity index (χ0) is 26.5. The second kappa shape index (κ2) is 9.51. The van der Waals surface area contributed by atoms with Crippen molar-refractivity contribution in [2.45, 2.75) is 49.6 Å². The highest BCUT2D eigenvalue weighted by molar-refractivity contribution is 6.03. The minimum atomic E-state index is -1.32. The van der Waals surface area contributed by atoms with E-state index in [2.05, 4.69) is 15.4 Å². The average molecular weight is 519 g/mol. The molecule has 2 aromatic heterocycles. The molecule has 8 nitrogen and oxygen atoms in total. The Labute approximate surface area is 209 Å². The molecule has 0 radical (unpaired) electrons. The van der Waals surface area contributed by atoms with E-state index < -0.39 is 58.5 Å². The fourth-order valence-corrected chi connectivity index (χ4v) is 4.49. The predicted octanol–water partition coefficient (Wildman–Crippen LogP) is 3.65. The maximum atomic E-state index is 14.8. The van der Waals surface area contributed by atoms with Gasteiger partial charge in [0.15, 0.2) is 0 Å². The maximum Gasteiger partial charge on any atom is 0.274 e. The summed E-state index contributed by atoms with van der Waals surface area (Å²) in [6.45, 7) is -0.208. The average Bonchev–Trinajstić information content (AvgIpc) is 3.55. The fraction of sp³-hybridized carbons (Fsp3) is 0.400. The van der Waals surface area contributed by atoms with E-state index in [1.807, 2.05) is 0 Å². The summed E-state index contributed by atoms with van der Waals surface area (Å²) in [5.74, 6) is -4.03. The maximum absolute atomic E-state index is 14.8. The Morgan fingerprint density at radius 1 is 1.19 bits per heavy atom. The molecule has 3 aromatic rings. The third-order valence-electron chi connectivity index (χ3n) is 6.84. The molecule has 0 spiro atoms. The molecule has 1 saturated carbocycles. The number of anilines is 1. The summed E-state index contributed by atoms with van der Waals surface area (Å²) in [6.07, 6.45) is 0.968. The first-order valence-electron chi connectivity index (χ1n) is 11.8. The zero-order valence-corrected chi connectivity index (χ0v) is 19.8. The van der Waals surface area contributed by atoms with Crippen molar-refractivity contribution in [3.8, 4) is 11.3 Å². The van der Waals surface area contributed by atoms with Crippen LogP contribution in [0.15, 0.2) is 30.5 Å². The molecule has 3 heterocycles. The Morgan fingerprint density at radius 3 is 2.57 bits per heavy atom. The van der Waals surface area contributed by atoms with Crippen LogP contribution in [0.4, 0.5) is 23.2 Å². The lowest BCUT2D eigenvalue weighted by molar-refractivity contribution is 0.0247. The normalized spacial score (nSPS) is 22.9. The number of halogens is 4. The Bertz CT molecular complexity index is 1330. The van der Waals surface area contributed by atoms with Gasteiger partial charge in [0.05, 0.1) is 35.3 Å². The van der Waals surface area contributed by atoms with Crippen LogP contribution in [0, 0.1) is 17.5 Å².